The third-order valence-corrected chi connectivity index (χ3v) is 7.68. The maximum Gasteiger partial charge on any atom is 0.264 e. The lowest BCUT2D eigenvalue weighted by Crippen LogP contribution is -2.50. The smallest absolute Gasteiger partial charge is 0.264 e. The second-order valence-electron chi connectivity index (χ2n) is 8.23. The number of sulfone groups is 1. The zero-order valence-corrected chi connectivity index (χ0v) is 19.2. The summed E-state index contributed by atoms with van der Waals surface area (Å²) < 4.78 is 42.7. The molecule has 1 amide bonds. The van der Waals surface area contributed by atoms with E-state index in [2.05, 4.69) is 28.7 Å². The van der Waals surface area contributed by atoms with Crippen LogP contribution >= 0.6 is 0 Å². The highest BCUT2D eigenvalue weighted by Crippen LogP contribution is 2.22. The number of hydrogen-bond donors (Lipinski definition) is 3. The van der Waals surface area contributed by atoms with Crippen LogP contribution in [0, 0.1) is 29.5 Å². The number of hydrogen-bond acceptors (Lipinski definition) is 8. The van der Waals surface area contributed by atoms with Gasteiger partial charge in [-0.25, -0.2) is 23.3 Å². The number of carbonyl (C=O) groups excluding carboxylic acids is 1. The van der Waals surface area contributed by atoms with Gasteiger partial charge in [-0.1, -0.05) is 5.92 Å². The molecule has 180 valence electrons. The van der Waals surface area contributed by atoms with Crippen LogP contribution in [0.4, 0.5) is 4.39 Å². The van der Waals surface area contributed by atoms with E-state index in [0.29, 0.717) is 0 Å². The van der Waals surface area contributed by atoms with Gasteiger partial charge in [0.2, 0.25) is 0 Å². The fourth-order valence-corrected chi connectivity index (χ4v) is 3.99. The number of benzene rings is 1. The molecule has 0 saturated carbocycles. The molecule has 1 aromatic carbocycles. The second-order valence-corrected chi connectivity index (χ2v) is 10.7. The Morgan fingerprint density at radius 1 is 1.38 bits per heavy atom. The molecule has 3 N–H and O–H groups in total. The van der Waals surface area contributed by atoms with Gasteiger partial charge in [-0.15, -0.1) is 0 Å². The van der Waals surface area contributed by atoms with Crippen LogP contribution in [0.25, 0.3) is 10.9 Å². The van der Waals surface area contributed by atoms with Crippen LogP contribution in [-0.2, 0) is 25.9 Å². The van der Waals surface area contributed by atoms with Crippen LogP contribution in [-0.4, -0.2) is 64.0 Å². The van der Waals surface area contributed by atoms with Crippen molar-refractivity contribution in [2.24, 2.45) is 0 Å². The number of amides is 1. The van der Waals surface area contributed by atoms with E-state index in [1.54, 1.807) is 0 Å². The number of nitrogens with one attached hydrogen (secondary N) is 1. The Balaban J connectivity index is 1.84. The number of fused-ring (bicyclic) bond motifs is 1. The van der Waals surface area contributed by atoms with Crippen molar-refractivity contribution in [3.8, 4) is 23.7 Å². The van der Waals surface area contributed by atoms with Crippen LogP contribution < -0.4 is 11.0 Å². The fourth-order valence-electron chi connectivity index (χ4n) is 3.14. The minimum atomic E-state index is -3.95. The third kappa shape index (κ3) is 5.11. The average molecular weight is 491 g/mol. The van der Waals surface area contributed by atoms with E-state index in [1.165, 1.54) is 11.5 Å². The molecule has 0 bridgehead atoms. The van der Waals surface area contributed by atoms with Crippen LogP contribution in [0.5, 0.6) is 0 Å². The maximum atomic E-state index is 14.5. The number of rotatable bonds is 6. The van der Waals surface area contributed by atoms with Crippen molar-refractivity contribution in [3.05, 3.63) is 40.2 Å². The molecule has 10 nitrogen and oxygen atoms in total. The molecule has 0 spiro atoms. The maximum absolute atomic E-state index is 14.5. The number of aromatic nitrogens is 2. The topological polar surface area (TPSA) is 148 Å². The highest BCUT2D eigenvalue weighted by molar-refractivity contribution is 7.92. The SMILES string of the molecule is C[C@@](CCn1cnc2cc(C#CC#CCC3(O)COC3)c(F)cc2c1=O)(C(=O)NO)S(C)(=O)=O. The van der Waals surface area contributed by atoms with Gasteiger partial charge in [0.1, 0.15) is 11.4 Å². The highest BCUT2D eigenvalue weighted by Gasteiger charge is 2.43. The van der Waals surface area contributed by atoms with Gasteiger partial charge in [-0.2, -0.15) is 0 Å². The molecule has 1 saturated heterocycles. The average Bonchev–Trinajstić information content (AvgIpc) is 2.76. The number of aryl methyl sites for hydroxylation is 1. The van der Waals surface area contributed by atoms with Crippen molar-refractivity contribution in [1.29, 1.82) is 0 Å². The highest BCUT2D eigenvalue weighted by atomic mass is 32.2. The number of nitrogens with zero attached hydrogens (tertiary/aromatic N) is 2. The molecule has 34 heavy (non-hydrogen) atoms. The molecule has 3 rings (SSSR count). The molecule has 1 aromatic heterocycles. The number of aliphatic hydroxyl groups is 1. The molecule has 2 heterocycles. The second kappa shape index (κ2) is 9.52. The number of ether oxygens (including phenoxy) is 1. The Labute approximate surface area is 194 Å². The molecule has 1 aliphatic rings. The van der Waals surface area contributed by atoms with Crippen LogP contribution in [0.3, 0.4) is 0 Å². The quantitative estimate of drug-likeness (QED) is 0.284. The molecule has 1 atom stereocenters. The van der Waals surface area contributed by atoms with Crippen molar-refractivity contribution in [2.75, 3.05) is 19.5 Å². The summed E-state index contributed by atoms with van der Waals surface area (Å²) >= 11 is 0. The zero-order valence-electron chi connectivity index (χ0n) is 18.4. The molecule has 0 aliphatic carbocycles. The van der Waals surface area contributed by atoms with E-state index in [9.17, 15) is 27.5 Å². The van der Waals surface area contributed by atoms with Crippen molar-refractivity contribution in [2.45, 2.75) is 36.7 Å². The van der Waals surface area contributed by atoms with E-state index in [4.69, 9.17) is 9.94 Å². The molecule has 1 fully saturated rings. The van der Waals surface area contributed by atoms with E-state index in [0.717, 1.165) is 30.1 Å². The summed E-state index contributed by atoms with van der Waals surface area (Å²) in [7, 11) is -3.95. The van der Waals surface area contributed by atoms with Gasteiger partial charge in [-0.3, -0.25) is 19.4 Å². The minimum absolute atomic E-state index is 0.0265. The summed E-state index contributed by atoms with van der Waals surface area (Å²) in [6.07, 6.45) is 1.84. The molecule has 0 unspecified atom stereocenters. The summed E-state index contributed by atoms with van der Waals surface area (Å²) in [4.78, 5) is 28.8. The summed E-state index contributed by atoms with van der Waals surface area (Å²) in [5.41, 5.74) is -0.131. The lowest BCUT2D eigenvalue weighted by atomic mass is 9.99. The van der Waals surface area contributed by atoms with Gasteiger partial charge in [0.15, 0.2) is 14.6 Å². The fraction of sp³-hybridized carbons (Fsp3) is 0.409. The Hall–Kier alpha value is -3.29. The zero-order chi connectivity index (χ0) is 25.1. The number of carbonyl (C=O) groups is 1. The lowest BCUT2D eigenvalue weighted by Gasteiger charge is -2.34. The summed E-state index contributed by atoms with van der Waals surface area (Å²) in [6.45, 7) is 1.32. The summed E-state index contributed by atoms with van der Waals surface area (Å²) in [5, 5.41) is 18.7. The molecular formula is C22H22FN3O7S. The van der Waals surface area contributed by atoms with Crippen molar-refractivity contribution >= 4 is 26.6 Å². The Kier molecular flexibility index (Phi) is 7.10. The Morgan fingerprint density at radius 2 is 2.09 bits per heavy atom. The Morgan fingerprint density at radius 3 is 2.68 bits per heavy atom. The molecule has 2 aromatic rings. The molecule has 1 aliphatic heterocycles. The summed E-state index contributed by atoms with van der Waals surface area (Å²) in [5.74, 6) is 8.35. The Bertz CT molecular complexity index is 1430. The van der Waals surface area contributed by atoms with Crippen LogP contribution in [0.2, 0.25) is 0 Å². The summed E-state index contributed by atoms with van der Waals surface area (Å²) in [6, 6.07) is 2.27. The van der Waals surface area contributed by atoms with E-state index in [-0.39, 0.29) is 49.1 Å². The first kappa shape index (κ1) is 25.3. The van der Waals surface area contributed by atoms with Gasteiger partial charge in [0.05, 0.1) is 36.0 Å². The van der Waals surface area contributed by atoms with Crippen LogP contribution in [0.15, 0.2) is 23.3 Å². The first-order valence-electron chi connectivity index (χ1n) is 10.0. The standard InChI is InChI=1S/C22H22FN3O7S/c1-21(20(28)25-30,34(2,31)32)8-9-26-14-24-18-10-15(17(23)11-16(18)19(26)27)6-4-3-5-7-22(29)12-33-13-22/h10-11,14,29-30H,7-9,12-13H2,1-2H3,(H,25,28)/t21-/m1/s1. The van der Waals surface area contributed by atoms with Crippen molar-refractivity contribution < 1.29 is 32.7 Å². The lowest BCUT2D eigenvalue weighted by molar-refractivity contribution is -0.174. The van der Waals surface area contributed by atoms with E-state index >= 15 is 0 Å². The van der Waals surface area contributed by atoms with Gasteiger partial charge < -0.3 is 9.84 Å². The minimum Gasteiger partial charge on any atom is -0.384 e. The predicted molar refractivity (Wildman–Crippen MR) is 119 cm³/mol. The predicted octanol–water partition coefficient (Wildman–Crippen LogP) is -0.259. The van der Waals surface area contributed by atoms with Gasteiger partial charge in [-0.05, 0) is 43.2 Å². The molecule has 12 heteroatoms. The first-order valence-corrected chi connectivity index (χ1v) is 11.9. The third-order valence-electron chi connectivity index (χ3n) is 5.65. The number of halogens is 1. The van der Waals surface area contributed by atoms with E-state index in [1.807, 2.05) is 0 Å². The monoisotopic (exact) mass is 491 g/mol. The van der Waals surface area contributed by atoms with E-state index < -0.39 is 37.5 Å². The molecule has 0 radical (unpaired) electrons. The van der Waals surface area contributed by atoms with Crippen molar-refractivity contribution in [3.63, 3.8) is 0 Å². The first-order chi connectivity index (χ1) is 15.9. The van der Waals surface area contributed by atoms with Gasteiger partial charge in [0, 0.05) is 19.2 Å². The van der Waals surface area contributed by atoms with Gasteiger partial charge >= 0.3 is 0 Å². The number of hydroxylamine groups is 1. The molecular weight excluding hydrogens is 469 g/mol. The van der Waals surface area contributed by atoms with Crippen LogP contribution in [0.1, 0.15) is 25.3 Å². The van der Waals surface area contributed by atoms with Crippen molar-refractivity contribution in [1.82, 2.24) is 15.0 Å². The normalized spacial score (nSPS) is 16.3. The van der Waals surface area contributed by atoms with Gasteiger partial charge in [0.25, 0.3) is 11.5 Å². The largest absolute Gasteiger partial charge is 0.384 e.